The summed E-state index contributed by atoms with van der Waals surface area (Å²) in [5.41, 5.74) is -6.28. The molecule has 0 fully saturated rings. The summed E-state index contributed by atoms with van der Waals surface area (Å²) in [7, 11) is 0. The van der Waals surface area contributed by atoms with E-state index in [2.05, 4.69) is 0 Å². The predicted octanol–water partition coefficient (Wildman–Crippen LogP) is -0.582. The zero-order chi connectivity index (χ0) is 19.3. The molecule has 130 valence electrons. The van der Waals surface area contributed by atoms with E-state index in [9.17, 15) is 45.3 Å². The normalized spacial score (nSPS) is 15.4. The zero-order valence-corrected chi connectivity index (χ0v) is 12.3. The molecule has 0 N–H and O–H groups in total. The number of carbonyl (C=O) groups is 1. The van der Waals surface area contributed by atoms with Gasteiger partial charge in [0.2, 0.25) is 0 Å². The lowest BCUT2D eigenvalue weighted by Crippen LogP contribution is -2.32. The number of rotatable bonds is 4. The summed E-state index contributed by atoms with van der Waals surface area (Å²) in [4.78, 5) is 52.6. The maximum atomic E-state index is 12.5. The molecule has 0 saturated carbocycles. The Bertz CT molecular complexity index is 1160. The Balaban J connectivity index is 2.60. The maximum Gasteiger partial charge on any atom is 0.427 e. The van der Waals surface area contributed by atoms with Crippen LogP contribution in [-0.2, 0) is 4.79 Å². The van der Waals surface area contributed by atoms with Crippen LogP contribution in [0.1, 0.15) is 0 Å². The molecule has 1 aromatic rings. The molecule has 3 rings (SSSR count). The Labute approximate surface area is 140 Å². The Morgan fingerprint density at radius 2 is 1.31 bits per heavy atom. The molecule has 1 aromatic carbocycles. The van der Waals surface area contributed by atoms with E-state index in [1.165, 1.54) is 12.1 Å². The number of Topliss-reactive ketones (excluding diaryl/α,β-unsaturated/α-hetero) is 1. The van der Waals surface area contributed by atoms with Crippen molar-refractivity contribution in [2.45, 2.75) is 0 Å². The molecular formula is C13H4N4O9. The number of benzene rings is 1. The van der Waals surface area contributed by atoms with E-state index < -0.39 is 59.4 Å². The number of carbonyl (C=O) groups excluding carboxylic acids is 1. The van der Waals surface area contributed by atoms with Crippen LogP contribution in [0, 0.1) is 40.5 Å². The average molecular weight is 360 g/mol. The fourth-order valence-electron chi connectivity index (χ4n) is 2.88. The van der Waals surface area contributed by atoms with Crippen LogP contribution in [0.5, 0.6) is 0 Å². The van der Waals surface area contributed by atoms with Crippen molar-refractivity contribution in [3.05, 3.63) is 91.8 Å². The Kier molecular flexibility index (Phi) is 3.42. The van der Waals surface area contributed by atoms with E-state index in [1.807, 2.05) is 0 Å². The van der Waals surface area contributed by atoms with Crippen LogP contribution in [0.4, 0.5) is 5.69 Å². The highest BCUT2D eigenvalue weighted by atomic mass is 16.7. The fraction of sp³-hybridized carbons (Fsp3) is 0. The summed E-state index contributed by atoms with van der Waals surface area (Å²) in [6.45, 7) is 0. The fourth-order valence-corrected chi connectivity index (χ4v) is 2.88. The first-order valence-electron chi connectivity index (χ1n) is 6.63. The molecule has 0 aliphatic heterocycles. The number of nitro benzene ring substituents is 1. The van der Waals surface area contributed by atoms with Crippen LogP contribution in [0.15, 0.2) is 40.9 Å². The van der Waals surface area contributed by atoms with Crippen LogP contribution < -0.4 is 10.4 Å². The van der Waals surface area contributed by atoms with E-state index in [0.29, 0.717) is 0 Å². The second-order valence-electron chi connectivity index (χ2n) is 5.08. The van der Waals surface area contributed by atoms with E-state index in [4.69, 9.17) is 0 Å². The molecule has 0 aromatic heterocycles. The number of ketones is 1. The summed E-state index contributed by atoms with van der Waals surface area (Å²) >= 11 is 0. The van der Waals surface area contributed by atoms with Crippen LogP contribution >= 0.6 is 0 Å². The smallest absolute Gasteiger partial charge is 0.281 e. The van der Waals surface area contributed by atoms with Gasteiger partial charge in [-0.3, -0.25) is 45.3 Å². The number of non-ortho nitro benzene ring substituents is 1. The third-order valence-electron chi connectivity index (χ3n) is 3.78. The van der Waals surface area contributed by atoms with Crippen molar-refractivity contribution in [3.63, 3.8) is 0 Å². The van der Waals surface area contributed by atoms with Gasteiger partial charge < -0.3 is 0 Å². The summed E-state index contributed by atoms with van der Waals surface area (Å²) in [5.74, 6) is -1.49. The van der Waals surface area contributed by atoms with Crippen molar-refractivity contribution in [2.75, 3.05) is 0 Å². The molecule has 2 aliphatic carbocycles. The molecule has 13 nitrogen and oxygen atoms in total. The molecule has 0 saturated heterocycles. The molecular weight excluding hydrogens is 356 g/mol. The van der Waals surface area contributed by atoms with Gasteiger partial charge in [0.1, 0.15) is 0 Å². The molecule has 26 heavy (non-hydrogen) atoms. The van der Waals surface area contributed by atoms with Gasteiger partial charge in [-0.05, 0) is 11.3 Å². The quantitative estimate of drug-likeness (QED) is 0.499. The first-order valence-corrected chi connectivity index (χ1v) is 6.63. The number of hydrogen-bond acceptors (Lipinski definition) is 9. The lowest BCUT2D eigenvalue weighted by Gasteiger charge is -2.09. The van der Waals surface area contributed by atoms with Crippen molar-refractivity contribution < 1.29 is 24.5 Å². The van der Waals surface area contributed by atoms with Crippen LogP contribution in [0.3, 0.4) is 0 Å². The topological polar surface area (TPSA) is 190 Å². The van der Waals surface area contributed by atoms with Gasteiger partial charge in [0, 0.05) is 6.07 Å². The highest BCUT2D eigenvalue weighted by Gasteiger charge is 2.53. The maximum absolute atomic E-state index is 12.5. The van der Waals surface area contributed by atoms with Gasteiger partial charge in [-0.1, -0.05) is 12.1 Å². The van der Waals surface area contributed by atoms with Crippen molar-refractivity contribution in [2.24, 2.45) is 0 Å². The van der Waals surface area contributed by atoms with E-state index in [0.717, 1.165) is 12.1 Å². The van der Waals surface area contributed by atoms with Gasteiger partial charge in [-0.25, -0.2) is 0 Å². The van der Waals surface area contributed by atoms with Crippen molar-refractivity contribution in [3.8, 4) is 0 Å². The summed E-state index contributed by atoms with van der Waals surface area (Å²) in [5, 5.41) is 44.6. The van der Waals surface area contributed by atoms with Gasteiger partial charge in [0.25, 0.3) is 11.5 Å². The number of nitro groups is 4. The predicted molar refractivity (Wildman–Crippen MR) is 80.3 cm³/mol. The zero-order valence-electron chi connectivity index (χ0n) is 12.3. The second-order valence-corrected chi connectivity index (χ2v) is 5.08. The Hall–Kier alpha value is -4.29. The Morgan fingerprint density at radius 1 is 0.731 bits per heavy atom. The van der Waals surface area contributed by atoms with Gasteiger partial charge in [0.15, 0.2) is 0 Å². The van der Waals surface area contributed by atoms with Gasteiger partial charge in [-0.2, -0.15) is 0 Å². The number of allylic oxidation sites excluding steroid dienone is 2. The molecule has 2 aliphatic rings. The van der Waals surface area contributed by atoms with Crippen LogP contribution in [0.2, 0.25) is 0 Å². The van der Waals surface area contributed by atoms with Crippen molar-refractivity contribution in [1.82, 2.24) is 0 Å². The molecule has 0 bridgehead atoms. The van der Waals surface area contributed by atoms with Crippen molar-refractivity contribution >= 4 is 23.1 Å². The highest BCUT2D eigenvalue weighted by molar-refractivity contribution is 6.32. The lowest BCUT2D eigenvalue weighted by atomic mass is 9.91. The first kappa shape index (κ1) is 16.6. The highest BCUT2D eigenvalue weighted by Crippen LogP contribution is 2.35. The molecule has 0 heterocycles. The minimum absolute atomic E-state index is 0.0178. The number of fused-ring (bicyclic) bond motifs is 2. The number of nitrogens with zero attached hydrogens (tertiary/aromatic N) is 4. The molecule has 0 radical (unpaired) electrons. The first-order chi connectivity index (χ1) is 12.2. The van der Waals surface area contributed by atoms with Crippen LogP contribution in [0.25, 0.3) is 11.6 Å². The summed E-state index contributed by atoms with van der Waals surface area (Å²) in [6, 6.07) is 3.56. The van der Waals surface area contributed by atoms with Gasteiger partial charge in [-0.15, -0.1) is 0 Å². The standard InChI is InChI=1S/C13H4N4O9/c18-13-9-6(4-5-2-1-3-7(8(5)9)14(19)20)10(15(21)22)11(16(23)24)12(13)17(25)26/h1-4H. The van der Waals surface area contributed by atoms with E-state index >= 15 is 0 Å². The third-order valence-corrected chi connectivity index (χ3v) is 3.78. The average Bonchev–Trinajstić information content (AvgIpc) is 2.92. The second kappa shape index (κ2) is 5.37. The number of hydrogen-bond donors (Lipinski definition) is 0. The summed E-state index contributed by atoms with van der Waals surface area (Å²) < 4.78 is 0. The minimum Gasteiger partial charge on any atom is -0.281 e. The molecule has 0 unspecified atom stereocenters. The molecule has 0 spiro atoms. The van der Waals surface area contributed by atoms with E-state index in [1.54, 1.807) is 0 Å². The largest absolute Gasteiger partial charge is 0.427 e. The van der Waals surface area contributed by atoms with Gasteiger partial charge >= 0.3 is 17.1 Å². The SMILES string of the molecule is O=C1C([N+](=O)[O-])=C([N+](=O)[O-])C([N+](=O)[O-])=C2C=c3cccc([N+](=O)[O-])c3=C12. The molecule has 13 heteroatoms. The van der Waals surface area contributed by atoms with E-state index in [-0.39, 0.29) is 10.4 Å². The molecule has 0 amide bonds. The van der Waals surface area contributed by atoms with Crippen molar-refractivity contribution in [1.29, 1.82) is 0 Å². The molecule has 0 atom stereocenters. The third kappa shape index (κ3) is 2.07. The van der Waals surface area contributed by atoms with Gasteiger partial charge in [0.05, 0.1) is 36.1 Å². The summed E-state index contributed by atoms with van der Waals surface area (Å²) in [6.07, 6.45) is 0.994. The monoisotopic (exact) mass is 360 g/mol. The minimum atomic E-state index is -1.61. The lowest BCUT2D eigenvalue weighted by molar-refractivity contribution is -0.498. The Morgan fingerprint density at radius 3 is 1.81 bits per heavy atom. The van der Waals surface area contributed by atoms with Crippen LogP contribution in [-0.4, -0.2) is 25.5 Å².